The Balaban J connectivity index is 1.60. The van der Waals surface area contributed by atoms with Crippen LogP contribution in [0, 0.1) is 12.8 Å². The van der Waals surface area contributed by atoms with E-state index in [0.29, 0.717) is 11.5 Å². The monoisotopic (exact) mass is 340 g/mol. The van der Waals surface area contributed by atoms with Crippen molar-refractivity contribution in [3.8, 4) is 5.69 Å². The number of hydrogen-bond acceptors (Lipinski definition) is 3. The van der Waals surface area contributed by atoms with Gasteiger partial charge < -0.3 is 10.2 Å². The van der Waals surface area contributed by atoms with E-state index in [4.69, 9.17) is 0 Å². The van der Waals surface area contributed by atoms with E-state index >= 15 is 0 Å². The Labute approximate surface area is 150 Å². The van der Waals surface area contributed by atoms with Crippen LogP contribution in [0.2, 0.25) is 0 Å². The molecule has 5 nitrogen and oxygen atoms in total. The van der Waals surface area contributed by atoms with Gasteiger partial charge in [0.1, 0.15) is 0 Å². The van der Waals surface area contributed by atoms with Crippen LogP contribution in [-0.2, 0) is 0 Å². The van der Waals surface area contributed by atoms with Gasteiger partial charge in [-0.25, -0.2) is 4.68 Å². The molecule has 1 aliphatic heterocycles. The molecule has 1 amide bonds. The van der Waals surface area contributed by atoms with E-state index in [0.717, 1.165) is 43.9 Å². The van der Waals surface area contributed by atoms with Gasteiger partial charge in [-0.2, -0.15) is 5.10 Å². The van der Waals surface area contributed by atoms with Crippen LogP contribution in [0.3, 0.4) is 0 Å². The Morgan fingerprint density at radius 3 is 2.56 bits per heavy atom. The molecule has 2 aromatic rings. The summed E-state index contributed by atoms with van der Waals surface area (Å²) in [5.41, 5.74) is 2.39. The number of para-hydroxylation sites is 1. The molecule has 1 aliphatic rings. The Kier molecular flexibility index (Phi) is 5.53. The fourth-order valence-corrected chi connectivity index (χ4v) is 3.44. The van der Waals surface area contributed by atoms with Crippen LogP contribution in [0.5, 0.6) is 0 Å². The molecule has 0 bridgehead atoms. The van der Waals surface area contributed by atoms with Crippen molar-refractivity contribution in [2.45, 2.75) is 39.7 Å². The minimum atomic E-state index is -0.0120. The Bertz CT molecular complexity index is 700. The first-order chi connectivity index (χ1) is 12.0. The largest absolute Gasteiger partial charge is 0.349 e. The molecule has 0 atom stereocenters. The summed E-state index contributed by atoms with van der Waals surface area (Å²) in [5, 5.41) is 7.68. The summed E-state index contributed by atoms with van der Waals surface area (Å²) < 4.78 is 1.77. The highest BCUT2D eigenvalue weighted by atomic mass is 16.1. The molecule has 3 rings (SSSR count). The predicted octanol–water partition coefficient (Wildman–Crippen LogP) is 3.03. The summed E-state index contributed by atoms with van der Waals surface area (Å²) in [6, 6.07) is 10.1. The minimum Gasteiger partial charge on any atom is -0.349 e. The highest BCUT2D eigenvalue weighted by Crippen LogP contribution is 2.15. The van der Waals surface area contributed by atoms with E-state index in [1.807, 2.05) is 43.5 Å². The SMILES string of the molecule is Cc1nn(-c2ccccc2)cc1C(=O)NC1CCN(CC(C)C)CC1. The zero-order valence-electron chi connectivity index (χ0n) is 15.4. The number of piperidine rings is 1. The van der Waals surface area contributed by atoms with Gasteiger partial charge in [-0.15, -0.1) is 0 Å². The van der Waals surface area contributed by atoms with Crippen molar-refractivity contribution in [3.05, 3.63) is 47.8 Å². The van der Waals surface area contributed by atoms with Crippen LogP contribution in [0.15, 0.2) is 36.5 Å². The lowest BCUT2D eigenvalue weighted by Gasteiger charge is -2.33. The molecule has 0 saturated carbocycles. The molecule has 1 N–H and O–H groups in total. The smallest absolute Gasteiger partial charge is 0.254 e. The van der Waals surface area contributed by atoms with Gasteiger partial charge in [-0.05, 0) is 37.8 Å². The van der Waals surface area contributed by atoms with Gasteiger partial charge in [0, 0.05) is 31.9 Å². The number of benzene rings is 1. The first-order valence-corrected chi connectivity index (χ1v) is 9.18. The third-order valence-electron chi connectivity index (χ3n) is 4.71. The van der Waals surface area contributed by atoms with Gasteiger partial charge in [-0.1, -0.05) is 32.0 Å². The number of nitrogens with one attached hydrogen (secondary N) is 1. The summed E-state index contributed by atoms with van der Waals surface area (Å²) in [7, 11) is 0. The van der Waals surface area contributed by atoms with Crippen molar-refractivity contribution in [3.63, 3.8) is 0 Å². The van der Waals surface area contributed by atoms with Gasteiger partial charge in [0.05, 0.1) is 16.9 Å². The fourth-order valence-electron chi connectivity index (χ4n) is 3.44. The molecule has 1 saturated heterocycles. The Morgan fingerprint density at radius 1 is 1.24 bits per heavy atom. The number of carbonyl (C=O) groups excluding carboxylic acids is 1. The van der Waals surface area contributed by atoms with Crippen molar-refractivity contribution in [1.82, 2.24) is 20.0 Å². The van der Waals surface area contributed by atoms with Crippen molar-refractivity contribution >= 4 is 5.91 Å². The molecule has 1 fully saturated rings. The maximum atomic E-state index is 12.7. The molecule has 5 heteroatoms. The number of amides is 1. The third-order valence-corrected chi connectivity index (χ3v) is 4.71. The summed E-state index contributed by atoms with van der Waals surface area (Å²) >= 11 is 0. The summed E-state index contributed by atoms with van der Waals surface area (Å²) in [4.78, 5) is 15.2. The second-order valence-electron chi connectivity index (χ2n) is 7.35. The summed E-state index contributed by atoms with van der Waals surface area (Å²) in [5.74, 6) is 0.680. The van der Waals surface area contributed by atoms with Crippen LogP contribution in [0.1, 0.15) is 42.7 Å². The van der Waals surface area contributed by atoms with Crippen LogP contribution >= 0.6 is 0 Å². The van der Waals surface area contributed by atoms with Crippen LogP contribution in [-0.4, -0.2) is 46.3 Å². The molecule has 2 heterocycles. The fraction of sp³-hybridized carbons (Fsp3) is 0.500. The van der Waals surface area contributed by atoms with E-state index in [-0.39, 0.29) is 11.9 Å². The summed E-state index contributed by atoms with van der Waals surface area (Å²) in [6.07, 6.45) is 3.86. The highest BCUT2D eigenvalue weighted by molar-refractivity contribution is 5.95. The quantitative estimate of drug-likeness (QED) is 0.910. The van der Waals surface area contributed by atoms with Gasteiger partial charge in [-0.3, -0.25) is 4.79 Å². The number of likely N-dealkylation sites (tertiary alicyclic amines) is 1. The molecule has 0 unspecified atom stereocenters. The Morgan fingerprint density at radius 2 is 1.92 bits per heavy atom. The van der Waals surface area contributed by atoms with E-state index in [9.17, 15) is 4.79 Å². The second-order valence-corrected chi connectivity index (χ2v) is 7.35. The molecule has 134 valence electrons. The molecule has 0 aliphatic carbocycles. The van der Waals surface area contributed by atoms with E-state index < -0.39 is 0 Å². The van der Waals surface area contributed by atoms with Crippen LogP contribution in [0.4, 0.5) is 0 Å². The van der Waals surface area contributed by atoms with Crippen molar-refractivity contribution < 1.29 is 4.79 Å². The highest BCUT2D eigenvalue weighted by Gasteiger charge is 2.23. The average molecular weight is 340 g/mol. The van der Waals surface area contributed by atoms with Crippen molar-refractivity contribution in [2.24, 2.45) is 5.92 Å². The maximum absolute atomic E-state index is 12.7. The van der Waals surface area contributed by atoms with Crippen LogP contribution < -0.4 is 5.32 Å². The van der Waals surface area contributed by atoms with E-state index in [1.165, 1.54) is 0 Å². The lowest BCUT2D eigenvalue weighted by molar-refractivity contribution is 0.0906. The average Bonchev–Trinajstić information content (AvgIpc) is 2.99. The lowest BCUT2D eigenvalue weighted by Crippen LogP contribution is -2.45. The van der Waals surface area contributed by atoms with E-state index in [2.05, 4.69) is 29.2 Å². The number of carbonyl (C=O) groups is 1. The molecular weight excluding hydrogens is 312 g/mol. The van der Waals surface area contributed by atoms with Crippen LogP contribution in [0.25, 0.3) is 5.69 Å². The summed E-state index contributed by atoms with van der Waals surface area (Å²) in [6.45, 7) is 9.65. The van der Waals surface area contributed by atoms with Gasteiger partial charge in [0.25, 0.3) is 5.91 Å². The third kappa shape index (κ3) is 4.48. The van der Waals surface area contributed by atoms with Crippen molar-refractivity contribution in [1.29, 1.82) is 0 Å². The van der Waals surface area contributed by atoms with Gasteiger partial charge in [0.2, 0.25) is 0 Å². The second kappa shape index (κ2) is 7.83. The first-order valence-electron chi connectivity index (χ1n) is 9.18. The molecule has 0 spiro atoms. The maximum Gasteiger partial charge on any atom is 0.254 e. The number of hydrogen-bond donors (Lipinski definition) is 1. The first kappa shape index (κ1) is 17.7. The lowest BCUT2D eigenvalue weighted by atomic mass is 10.0. The minimum absolute atomic E-state index is 0.0120. The Hall–Kier alpha value is -2.14. The van der Waals surface area contributed by atoms with Crippen molar-refractivity contribution in [2.75, 3.05) is 19.6 Å². The number of nitrogens with zero attached hydrogens (tertiary/aromatic N) is 3. The molecule has 0 radical (unpaired) electrons. The normalized spacial score (nSPS) is 16.3. The zero-order valence-corrected chi connectivity index (χ0v) is 15.4. The number of aryl methyl sites for hydroxylation is 1. The molecule has 1 aromatic heterocycles. The standard InChI is InChI=1S/C20H28N4O/c1-15(2)13-23-11-9-17(10-12-23)21-20(25)19-14-24(22-16(19)3)18-7-5-4-6-8-18/h4-8,14-15,17H,9-13H2,1-3H3,(H,21,25). The number of aromatic nitrogens is 2. The molecule has 1 aromatic carbocycles. The molecule has 25 heavy (non-hydrogen) atoms. The zero-order chi connectivity index (χ0) is 17.8. The number of rotatable bonds is 5. The van der Waals surface area contributed by atoms with Gasteiger partial charge >= 0.3 is 0 Å². The topological polar surface area (TPSA) is 50.2 Å². The van der Waals surface area contributed by atoms with Gasteiger partial charge in [0.15, 0.2) is 0 Å². The molecular formula is C20H28N4O. The van der Waals surface area contributed by atoms with E-state index in [1.54, 1.807) is 4.68 Å². The predicted molar refractivity (Wildman–Crippen MR) is 100 cm³/mol.